The predicted octanol–water partition coefficient (Wildman–Crippen LogP) is 2.32. The van der Waals surface area contributed by atoms with E-state index in [2.05, 4.69) is 0 Å². The third kappa shape index (κ3) is 1.77. The number of phenolic OH excluding ortho intramolecular Hbond substituents is 1. The zero-order valence-corrected chi connectivity index (χ0v) is 7.66. The molecule has 0 atom stereocenters. The Morgan fingerprint density at radius 2 is 2.15 bits per heavy atom. The summed E-state index contributed by atoms with van der Waals surface area (Å²) in [4.78, 5) is 0. The fourth-order valence-electron chi connectivity index (χ4n) is 1.78. The predicted molar refractivity (Wildman–Crippen MR) is 53.6 cm³/mol. The third-order valence-electron chi connectivity index (χ3n) is 2.86. The quantitative estimate of drug-likeness (QED) is 0.681. The van der Waals surface area contributed by atoms with Gasteiger partial charge in [0.25, 0.3) is 0 Å². The van der Waals surface area contributed by atoms with Crippen molar-refractivity contribution < 1.29 is 5.11 Å². The first-order valence-electron chi connectivity index (χ1n) is 4.83. The van der Waals surface area contributed by atoms with Gasteiger partial charge in [0.1, 0.15) is 5.75 Å². The van der Waals surface area contributed by atoms with Crippen LogP contribution in [0, 0.1) is 5.92 Å². The van der Waals surface area contributed by atoms with Gasteiger partial charge in [-0.05, 0) is 24.0 Å². The molecule has 1 aromatic rings. The van der Waals surface area contributed by atoms with Crippen molar-refractivity contribution in [1.82, 2.24) is 0 Å². The minimum Gasteiger partial charge on any atom is -0.508 e. The molecular formula is C11H15NO. The van der Waals surface area contributed by atoms with Gasteiger partial charge < -0.3 is 10.8 Å². The molecular weight excluding hydrogens is 162 g/mol. The number of benzene rings is 1. The maximum absolute atomic E-state index is 9.16. The first-order chi connectivity index (χ1) is 6.25. The molecule has 1 saturated carbocycles. The number of anilines is 1. The Hall–Kier alpha value is -1.18. The number of hydrogen-bond acceptors (Lipinski definition) is 2. The zero-order chi connectivity index (χ0) is 9.26. The highest BCUT2D eigenvalue weighted by Gasteiger charge is 2.18. The summed E-state index contributed by atoms with van der Waals surface area (Å²) < 4.78 is 0. The Balaban J connectivity index is 2.10. The Bertz CT molecular complexity index is 305. The van der Waals surface area contributed by atoms with Crippen LogP contribution in [0.25, 0.3) is 0 Å². The molecule has 0 spiro atoms. The molecule has 1 aromatic carbocycles. The number of rotatable bonds is 2. The molecule has 0 unspecified atom stereocenters. The monoisotopic (exact) mass is 177 g/mol. The molecule has 0 heterocycles. The Morgan fingerprint density at radius 3 is 2.69 bits per heavy atom. The summed E-state index contributed by atoms with van der Waals surface area (Å²) in [6.45, 7) is 0. The lowest BCUT2D eigenvalue weighted by Crippen LogP contribution is -2.14. The van der Waals surface area contributed by atoms with Crippen LogP contribution in [-0.2, 0) is 6.42 Å². The molecule has 0 radical (unpaired) electrons. The average Bonchev–Trinajstić information content (AvgIpc) is 1.99. The fourth-order valence-corrected chi connectivity index (χ4v) is 1.78. The highest BCUT2D eigenvalue weighted by molar-refractivity contribution is 5.51. The molecule has 70 valence electrons. The number of hydrogen-bond donors (Lipinski definition) is 2. The van der Waals surface area contributed by atoms with Crippen LogP contribution in [0.15, 0.2) is 18.2 Å². The summed E-state index contributed by atoms with van der Waals surface area (Å²) in [5, 5.41) is 9.16. The van der Waals surface area contributed by atoms with E-state index in [0.29, 0.717) is 0 Å². The molecule has 0 saturated heterocycles. The number of nitrogen functional groups attached to an aromatic ring is 1. The highest BCUT2D eigenvalue weighted by Crippen LogP contribution is 2.32. The van der Waals surface area contributed by atoms with Gasteiger partial charge in [0.15, 0.2) is 0 Å². The van der Waals surface area contributed by atoms with Crippen LogP contribution in [0.1, 0.15) is 24.8 Å². The van der Waals surface area contributed by atoms with E-state index in [-0.39, 0.29) is 5.75 Å². The molecule has 1 aliphatic carbocycles. The Labute approximate surface area is 78.4 Å². The smallest absolute Gasteiger partial charge is 0.117 e. The molecule has 3 N–H and O–H groups in total. The van der Waals surface area contributed by atoms with Crippen LogP contribution >= 0.6 is 0 Å². The lowest BCUT2D eigenvalue weighted by atomic mass is 9.81. The van der Waals surface area contributed by atoms with Gasteiger partial charge in [-0.25, -0.2) is 0 Å². The molecule has 2 rings (SSSR count). The largest absolute Gasteiger partial charge is 0.508 e. The zero-order valence-electron chi connectivity index (χ0n) is 7.66. The van der Waals surface area contributed by atoms with E-state index < -0.39 is 0 Å². The summed E-state index contributed by atoms with van der Waals surface area (Å²) in [7, 11) is 0. The minimum absolute atomic E-state index is 0.259. The molecule has 13 heavy (non-hydrogen) atoms. The average molecular weight is 177 g/mol. The van der Waals surface area contributed by atoms with Gasteiger partial charge in [0.05, 0.1) is 0 Å². The maximum Gasteiger partial charge on any atom is 0.117 e. The first kappa shape index (κ1) is 8.42. The molecule has 1 fully saturated rings. The second-order valence-electron chi connectivity index (χ2n) is 3.88. The Morgan fingerprint density at radius 1 is 1.38 bits per heavy atom. The summed E-state index contributed by atoms with van der Waals surface area (Å²) in [5.74, 6) is 1.08. The lowest BCUT2D eigenvalue weighted by molar-refractivity contribution is 0.314. The molecule has 0 aliphatic heterocycles. The van der Waals surface area contributed by atoms with Crippen LogP contribution in [0.3, 0.4) is 0 Å². The van der Waals surface area contributed by atoms with E-state index in [1.165, 1.54) is 24.8 Å². The van der Waals surface area contributed by atoms with Crippen LogP contribution < -0.4 is 5.73 Å². The summed E-state index contributed by atoms with van der Waals surface area (Å²) in [6.07, 6.45) is 5.11. The molecule has 2 nitrogen and oxygen atoms in total. The van der Waals surface area contributed by atoms with Crippen molar-refractivity contribution in [1.29, 1.82) is 0 Å². The van der Waals surface area contributed by atoms with E-state index in [9.17, 15) is 0 Å². The van der Waals surface area contributed by atoms with Crippen molar-refractivity contribution in [2.24, 2.45) is 5.92 Å². The fraction of sp³-hybridized carbons (Fsp3) is 0.455. The van der Waals surface area contributed by atoms with E-state index in [1.807, 2.05) is 6.07 Å². The number of aromatic hydroxyl groups is 1. The standard InChI is InChI=1S/C11H15NO/c12-11-7-10(13)5-4-9(11)6-8-2-1-3-8/h4-5,7-8,13H,1-3,6,12H2. The topological polar surface area (TPSA) is 46.2 Å². The van der Waals surface area contributed by atoms with Crippen molar-refractivity contribution >= 4 is 5.69 Å². The summed E-state index contributed by atoms with van der Waals surface area (Å²) >= 11 is 0. The molecule has 1 aliphatic rings. The van der Waals surface area contributed by atoms with Crippen LogP contribution in [0.4, 0.5) is 5.69 Å². The van der Waals surface area contributed by atoms with Gasteiger partial charge in [-0.2, -0.15) is 0 Å². The van der Waals surface area contributed by atoms with Crippen LogP contribution in [-0.4, -0.2) is 5.11 Å². The van der Waals surface area contributed by atoms with Gasteiger partial charge in [-0.1, -0.05) is 25.3 Å². The van der Waals surface area contributed by atoms with Crippen molar-refractivity contribution in [2.45, 2.75) is 25.7 Å². The van der Waals surface area contributed by atoms with Gasteiger partial charge in [-0.15, -0.1) is 0 Å². The molecule has 0 amide bonds. The van der Waals surface area contributed by atoms with Gasteiger partial charge in [-0.3, -0.25) is 0 Å². The number of phenols is 1. The van der Waals surface area contributed by atoms with Gasteiger partial charge in [0.2, 0.25) is 0 Å². The molecule has 0 aromatic heterocycles. The first-order valence-corrected chi connectivity index (χ1v) is 4.83. The molecule has 2 heteroatoms. The van der Waals surface area contributed by atoms with Crippen molar-refractivity contribution in [2.75, 3.05) is 5.73 Å². The van der Waals surface area contributed by atoms with Crippen LogP contribution in [0.2, 0.25) is 0 Å². The lowest BCUT2D eigenvalue weighted by Gasteiger charge is -2.25. The SMILES string of the molecule is Nc1cc(O)ccc1CC1CCC1. The van der Waals surface area contributed by atoms with E-state index >= 15 is 0 Å². The minimum atomic E-state index is 0.259. The van der Waals surface area contributed by atoms with Gasteiger partial charge in [0, 0.05) is 11.8 Å². The summed E-state index contributed by atoms with van der Waals surface area (Å²) in [6, 6.07) is 5.28. The summed E-state index contributed by atoms with van der Waals surface area (Å²) in [5.41, 5.74) is 7.70. The normalized spacial score (nSPS) is 16.9. The van der Waals surface area contributed by atoms with E-state index in [4.69, 9.17) is 10.8 Å². The molecule has 0 bridgehead atoms. The second kappa shape index (κ2) is 3.29. The van der Waals surface area contributed by atoms with Crippen LogP contribution in [0.5, 0.6) is 5.75 Å². The second-order valence-corrected chi connectivity index (χ2v) is 3.88. The highest BCUT2D eigenvalue weighted by atomic mass is 16.3. The van der Waals surface area contributed by atoms with E-state index in [0.717, 1.165) is 18.0 Å². The van der Waals surface area contributed by atoms with Crippen molar-refractivity contribution in [3.8, 4) is 5.75 Å². The van der Waals surface area contributed by atoms with E-state index in [1.54, 1.807) is 12.1 Å². The third-order valence-corrected chi connectivity index (χ3v) is 2.86. The van der Waals surface area contributed by atoms with Crippen molar-refractivity contribution in [3.63, 3.8) is 0 Å². The Kier molecular flexibility index (Phi) is 2.13. The number of nitrogens with two attached hydrogens (primary N) is 1. The van der Waals surface area contributed by atoms with Crippen molar-refractivity contribution in [3.05, 3.63) is 23.8 Å². The van der Waals surface area contributed by atoms with Gasteiger partial charge >= 0.3 is 0 Å². The maximum atomic E-state index is 9.16.